The largest absolute Gasteiger partial charge is 0.356 e. The normalized spacial score (nSPS) is 16.6. The van der Waals surface area contributed by atoms with Crippen molar-refractivity contribution in [2.24, 2.45) is 11.3 Å². The molecule has 0 fully saturated rings. The first-order chi connectivity index (χ1) is 7.46. The molecule has 0 aliphatic carbocycles. The van der Waals surface area contributed by atoms with E-state index < -0.39 is 0 Å². The minimum Gasteiger partial charge on any atom is -0.356 e. The second-order valence-corrected chi connectivity index (χ2v) is 5.28. The highest BCUT2D eigenvalue weighted by Gasteiger charge is 2.27. The van der Waals surface area contributed by atoms with Crippen LogP contribution in [0.3, 0.4) is 0 Å². The third kappa shape index (κ3) is 5.53. The molecule has 2 atom stereocenters. The van der Waals surface area contributed by atoms with Gasteiger partial charge in [-0.3, -0.25) is 4.79 Å². The minimum atomic E-state index is 0.0828. The summed E-state index contributed by atoms with van der Waals surface area (Å²) in [6.45, 7) is 11.7. The van der Waals surface area contributed by atoms with Crippen molar-refractivity contribution in [2.75, 3.05) is 6.54 Å². The van der Waals surface area contributed by atoms with E-state index >= 15 is 0 Å². The van der Waals surface area contributed by atoms with Gasteiger partial charge in [0.25, 0.3) is 0 Å². The van der Waals surface area contributed by atoms with Crippen molar-refractivity contribution < 1.29 is 4.79 Å². The first kappa shape index (κ1) is 15.5. The fourth-order valence-electron chi connectivity index (χ4n) is 2.36. The molecule has 0 heterocycles. The van der Waals surface area contributed by atoms with Crippen molar-refractivity contribution in [3.63, 3.8) is 0 Å². The van der Waals surface area contributed by atoms with Crippen LogP contribution < -0.4 is 5.32 Å². The van der Waals surface area contributed by atoms with Gasteiger partial charge in [-0.25, -0.2) is 0 Å². The number of amides is 1. The predicted molar refractivity (Wildman–Crippen MR) is 70.4 cm³/mol. The Hall–Kier alpha value is -0.530. The van der Waals surface area contributed by atoms with E-state index in [-0.39, 0.29) is 5.91 Å². The average Bonchev–Trinajstić information content (AvgIpc) is 2.24. The van der Waals surface area contributed by atoms with Gasteiger partial charge < -0.3 is 5.32 Å². The molecule has 96 valence electrons. The molecule has 2 heteroatoms. The Kier molecular flexibility index (Phi) is 7.44. The molecule has 0 spiro atoms. The van der Waals surface area contributed by atoms with E-state index in [2.05, 4.69) is 33.0 Å². The number of carbonyl (C=O) groups excluding carboxylic acids is 1. The quantitative estimate of drug-likeness (QED) is 0.629. The standard InChI is InChI=1S/C14H29NO/c1-6-10-14(5,7-2)12(3)9-8-11-15-13(4)16/h12H,6-11H2,1-5H3,(H,15,16)/t12-,14?/m1/s1. The molecule has 0 aromatic heterocycles. The number of nitrogens with one attached hydrogen (secondary N) is 1. The van der Waals surface area contributed by atoms with Crippen LogP contribution in [0.5, 0.6) is 0 Å². The Balaban J connectivity index is 3.92. The maximum absolute atomic E-state index is 10.7. The number of rotatable bonds is 8. The van der Waals surface area contributed by atoms with Crippen LogP contribution in [-0.4, -0.2) is 12.5 Å². The van der Waals surface area contributed by atoms with Crippen molar-refractivity contribution in [1.82, 2.24) is 5.32 Å². The van der Waals surface area contributed by atoms with Crippen LogP contribution in [0.4, 0.5) is 0 Å². The zero-order chi connectivity index (χ0) is 12.6. The van der Waals surface area contributed by atoms with Crippen LogP contribution >= 0.6 is 0 Å². The maximum Gasteiger partial charge on any atom is 0.216 e. The van der Waals surface area contributed by atoms with E-state index in [1.54, 1.807) is 6.92 Å². The summed E-state index contributed by atoms with van der Waals surface area (Å²) < 4.78 is 0. The SMILES string of the molecule is CCCC(C)(CC)[C@H](C)CCCNC(C)=O. The Labute approximate surface area is 101 Å². The molecule has 0 aliphatic heterocycles. The van der Waals surface area contributed by atoms with E-state index in [0.717, 1.165) is 18.9 Å². The van der Waals surface area contributed by atoms with Gasteiger partial charge in [0.15, 0.2) is 0 Å². The number of hydrogen-bond donors (Lipinski definition) is 1. The van der Waals surface area contributed by atoms with Gasteiger partial charge in [-0.2, -0.15) is 0 Å². The maximum atomic E-state index is 10.7. The van der Waals surface area contributed by atoms with Gasteiger partial charge >= 0.3 is 0 Å². The summed E-state index contributed by atoms with van der Waals surface area (Å²) in [4.78, 5) is 10.7. The zero-order valence-corrected chi connectivity index (χ0v) is 11.7. The third-order valence-corrected chi connectivity index (χ3v) is 4.01. The molecule has 2 nitrogen and oxygen atoms in total. The molecule has 0 aliphatic rings. The molecule has 1 amide bonds. The van der Waals surface area contributed by atoms with Crippen LogP contribution in [0.2, 0.25) is 0 Å². The molecular formula is C14H29NO. The summed E-state index contributed by atoms with van der Waals surface area (Å²) in [7, 11) is 0. The highest BCUT2D eigenvalue weighted by atomic mass is 16.1. The first-order valence-electron chi connectivity index (χ1n) is 6.70. The lowest BCUT2D eigenvalue weighted by atomic mass is 9.71. The fourth-order valence-corrected chi connectivity index (χ4v) is 2.36. The summed E-state index contributed by atoms with van der Waals surface area (Å²) in [6.07, 6.45) is 6.14. The molecular weight excluding hydrogens is 198 g/mol. The number of hydrogen-bond acceptors (Lipinski definition) is 1. The van der Waals surface area contributed by atoms with Crippen LogP contribution in [0.1, 0.15) is 66.7 Å². The second kappa shape index (κ2) is 7.70. The highest BCUT2D eigenvalue weighted by Crippen LogP contribution is 2.38. The van der Waals surface area contributed by atoms with Crippen molar-refractivity contribution >= 4 is 5.91 Å². The van der Waals surface area contributed by atoms with Gasteiger partial charge in [-0.1, -0.05) is 40.5 Å². The first-order valence-corrected chi connectivity index (χ1v) is 6.70. The molecule has 0 saturated carbocycles. The lowest BCUT2D eigenvalue weighted by molar-refractivity contribution is -0.118. The van der Waals surface area contributed by atoms with E-state index in [0.29, 0.717) is 5.41 Å². The third-order valence-electron chi connectivity index (χ3n) is 4.01. The van der Waals surface area contributed by atoms with Gasteiger partial charge in [0.05, 0.1) is 0 Å². The smallest absolute Gasteiger partial charge is 0.216 e. The number of carbonyl (C=O) groups is 1. The second-order valence-electron chi connectivity index (χ2n) is 5.28. The lowest BCUT2D eigenvalue weighted by Crippen LogP contribution is -2.26. The van der Waals surface area contributed by atoms with Gasteiger partial charge in [0.1, 0.15) is 0 Å². The molecule has 1 N–H and O–H groups in total. The Morgan fingerprint density at radius 1 is 1.38 bits per heavy atom. The predicted octanol–water partition coefficient (Wildman–Crippen LogP) is 3.76. The summed E-state index contributed by atoms with van der Waals surface area (Å²) in [5.41, 5.74) is 0.477. The van der Waals surface area contributed by atoms with Crippen molar-refractivity contribution in [2.45, 2.75) is 66.7 Å². The summed E-state index contributed by atoms with van der Waals surface area (Å²) in [5.74, 6) is 0.825. The Morgan fingerprint density at radius 3 is 2.44 bits per heavy atom. The van der Waals surface area contributed by atoms with Gasteiger partial charge in [0.2, 0.25) is 5.91 Å². The molecule has 0 saturated heterocycles. The monoisotopic (exact) mass is 227 g/mol. The van der Waals surface area contributed by atoms with E-state index in [4.69, 9.17) is 0 Å². The molecule has 0 aromatic carbocycles. The summed E-state index contributed by atoms with van der Waals surface area (Å²) in [5, 5.41) is 2.86. The molecule has 0 rings (SSSR count). The van der Waals surface area contributed by atoms with E-state index in [9.17, 15) is 4.79 Å². The van der Waals surface area contributed by atoms with Gasteiger partial charge in [0, 0.05) is 13.5 Å². The topological polar surface area (TPSA) is 29.1 Å². The van der Waals surface area contributed by atoms with Gasteiger partial charge in [-0.05, 0) is 30.6 Å². The Morgan fingerprint density at radius 2 is 2.00 bits per heavy atom. The van der Waals surface area contributed by atoms with Gasteiger partial charge in [-0.15, -0.1) is 0 Å². The van der Waals surface area contributed by atoms with Crippen LogP contribution in [-0.2, 0) is 4.79 Å². The summed E-state index contributed by atoms with van der Waals surface area (Å²) >= 11 is 0. The van der Waals surface area contributed by atoms with E-state index in [1.807, 2.05) is 0 Å². The fraction of sp³-hybridized carbons (Fsp3) is 0.929. The molecule has 0 bridgehead atoms. The average molecular weight is 227 g/mol. The van der Waals surface area contributed by atoms with Crippen molar-refractivity contribution in [3.8, 4) is 0 Å². The van der Waals surface area contributed by atoms with Crippen LogP contribution in [0.15, 0.2) is 0 Å². The zero-order valence-electron chi connectivity index (χ0n) is 11.7. The van der Waals surface area contributed by atoms with Crippen LogP contribution in [0, 0.1) is 11.3 Å². The summed E-state index contributed by atoms with van der Waals surface area (Å²) in [6, 6.07) is 0. The molecule has 16 heavy (non-hydrogen) atoms. The minimum absolute atomic E-state index is 0.0828. The van der Waals surface area contributed by atoms with E-state index in [1.165, 1.54) is 25.7 Å². The lowest BCUT2D eigenvalue weighted by Gasteiger charge is -2.35. The van der Waals surface area contributed by atoms with Crippen molar-refractivity contribution in [1.29, 1.82) is 0 Å². The van der Waals surface area contributed by atoms with Crippen molar-refractivity contribution in [3.05, 3.63) is 0 Å². The Bertz CT molecular complexity index is 203. The van der Waals surface area contributed by atoms with Crippen LogP contribution in [0.25, 0.3) is 0 Å². The highest BCUT2D eigenvalue weighted by molar-refractivity contribution is 5.72. The molecule has 1 unspecified atom stereocenters. The molecule has 0 aromatic rings. The molecule has 0 radical (unpaired) electrons.